The van der Waals surface area contributed by atoms with Gasteiger partial charge in [0.2, 0.25) is 5.91 Å². The molecular formula is C15H16N2O. The number of nitrogens with two attached hydrogens (primary N) is 2. The van der Waals surface area contributed by atoms with E-state index < -0.39 is 11.4 Å². The van der Waals surface area contributed by atoms with Gasteiger partial charge in [-0.25, -0.2) is 0 Å². The number of hydrogen-bond acceptors (Lipinski definition) is 2. The van der Waals surface area contributed by atoms with Gasteiger partial charge in [0.1, 0.15) is 5.54 Å². The quantitative estimate of drug-likeness (QED) is 0.851. The monoisotopic (exact) mass is 240 g/mol. The van der Waals surface area contributed by atoms with Crippen molar-refractivity contribution < 1.29 is 4.79 Å². The second-order valence-corrected chi connectivity index (χ2v) is 4.36. The molecule has 0 saturated carbocycles. The predicted molar refractivity (Wildman–Crippen MR) is 71.6 cm³/mol. The summed E-state index contributed by atoms with van der Waals surface area (Å²) in [6.45, 7) is 0. The van der Waals surface area contributed by atoms with Gasteiger partial charge in [0.15, 0.2) is 0 Å². The predicted octanol–water partition coefficient (Wildman–Crippen LogP) is 1.57. The zero-order chi connectivity index (χ0) is 13.0. The first kappa shape index (κ1) is 12.3. The second-order valence-electron chi connectivity index (χ2n) is 4.36. The van der Waals surface area contributed by atoms with Gasteiger partial charge in [-0.1, -0.05) is 60.7 Å². The molecule has 0 spiro atoms. The van der Waals surface area contributed by atoms with Crippen LogP contribution < -0.4 is 11.5 Å². The molecule has 18 heavy (non-hydrogen) atoms. The van der Waals surface area contributed by atoms with Crippen LogP contribution in [0, 0.1) is 0 Å². The SMILES string of the molecule is NC(=O)C(N)(Cc1ccccc1)c1ccccc1. The molecule has 0 aliphatic heterocycles. The third kappa shape index (κ3) is 2.41. The fourth-order valence-electron chi connectivity index (χ4n) is 1.98. The Morgan fingerprint density at radius 1 is 0.944 bits per heavy atom. The van der Waals surface area contributed by atoms with Crippen LogP contribution in [-0.2, 0) is 16.8 Å². The molecule has 0 aromatic heterocycles. The van der Waals surface area contributed by atoms with Crippen molar-refractivity contribution >= 4 is 5.91 Å². The minimum absolute atomic E-state index is 0.396. The molecule has 2 aromatic rings. The Kier molecular flexibility index (Phi) is 3.44. The van der Waals surface area contributed by atoms with Crippen LogP contribution in [0.3, 0.4) is 0 Å². The number of rotatable bonds is 4. The molecule has 92 valence electrons. The van der Waals surface area contributed by atoms with E-state index in [1.165, 1.54) is 0 Å². The van der Waals surface area contributed by atoms with E-state index in [1.54, 1.807) is 0 Å². The number of primary amides is 1. The molecule has 4 N–H and O–H groups in total. The highest BCUT2D eigenvalue weighted by Crippen LogP contribution is 2.22. The molecule has 1 atom stereocenters. The van der Waals surface area contributed by atoms with E-state index in [1.807, 2.05) is 60.7 Å². The first-order chi connectivity index (χ1) is 8.63. The highest BCUT2D eigenvalue weighted by atomic mass is 16.1. The maximum atomic E-state index is 11.7. The normalized spacial score (nSPS) is 13.8. The van der Waals surface area contributed by atoms with E-state index in [0.717, 1.165) is 11.1 Å². The maximum Gasteiger partial charge on any atom is 0.242 e. The molecule has 3 heteroatoms. The Hall–Kier alpha value is -2.13. The lowest BCUT2D eigenvalue weighted by Crippen LogP contribution is -2.50. The van der Waals surface area contributed by atoms with Crippen molar-refractivity contribution in [3.05, 3.63) is 71.8 Å². The number of amides is 1. The summed E-state index contributed by atoms with van der Waals surface area (Å²) in [6, 6.07) is 18.9. The lowest BCUT2D eigenvalue weighted by atomic mass is 9.84. The molecule has 0 bridgehead atoms. The minimum Gasteiger partial charge on any atom is -0.368 e. The minimum atomic E-state index is -1.16. The van der Waals surface area contributed by atoms with E-state index in [9.17, 15) is 4.79 Å². The smallest absolute Gasteiger partial charge is 0.242 e. The van der Waals surface area contributed by atoms with Crippen molar-refractivity contribution in [1.29, 1.82) is 0 Å². The summed E-state index contributed by atoms with van der Waals surface area (Å²) in [4.78, 5) is 11.7. The number of carbonyl (C=O) groups excluding carboxylic acids is 1. The molecule has 1 amide bonds. The van der Waals surface area contributed by atoms with Crippen LogP contribution in [0.5, 0.6) is 0 Å². The molecule has 0 fully saturated rings. The number of hydrogen-bond donors (Lipinski definition) is 2. The molecule has 0 aliphatic carbocycles. The molecule has 2 rings (SSSR count). The number of carbonyl (C=O) groups is 1. The lowest BCUT2D eigenvalue weighted by molar-refractivity contribution is -0.123. The van der Waals surface area contributed by atoms with Gasteiger partial charge in [-0.05, 0) is 11.1 Å². The fraction of sp³-hybridized carbons (Fsp3) is 0.133. The van der Waals surface area contributed by atoms with Crippen molar-refractivity contribution in [3.63, 3.8) is 0 Å². The Morgan fingerprint density at radius 3 is 1.94 bits per heavy atom. The van der Waals surface area contributed by atoms with Crippen molar-refractivity contribution in [2.75, 3.05) is 0 Å². The van der Waals surface area contributed by atoms with Gasteiger partial charge in [0.25, 0.3) is 0 Å². The standard InChI is InChI=1S/C15H16N2O/c16-14(18)15(17,13-9-5-2-6-10-13)11-12-7-3-1-4-8-12/h1-10H,11,17H2,(H2,16,18). The fourth-order valence-corrected chi connectivity index (χ4v) is 1.98. The Labute approximate surface area is 106 Å². The first-order valence-electron chi connectivity index (χ1n) is 5.81. The third-order valence-corrected chi connectivity index (χ3v) is 3.05. The average molecular weight is 240 g/mol. The second kappa shape index (κ2) is 5.02. The summed E-state index contributed by atoms with van der Waals surface area (Å²) in [6.07, 6.45) is 0.396. The van der Waals surface area contributed by atoms with Crippen LogP contribution in [0.1, 0.15) is 11.1 Å². The van der Waals surface area contributed by atoms with E-state index in [0.29, 0.717) is 6.42 Å². The maximum absolute atomic E-state index is 11.7. The van der Waals surface area contributed by atoms with Crippen LogP contribution in [0.4, 0.5) is 0 Å². The van der Waals surface area contributed by atoms with Crippen molar-refractivity contribution in [2.24, 2.45) is 11.5 Å². The van der Waals surface area contributed by atoms with Gasteiger partial charge >= 0.3 is 0 Å². The van der Waals surface area contributed by atoms with Gasteiger partial charge in [0, 0.05) is 6.42 Å². The Balaban J connectivity index is 2.37. The van der Waals surface area contributed by atoms with Crippen molar-refractivity contribution in [2.45, 2.75) is 12.0 Å². The summed E-state index contributed by atoms with van der Waals surface area (Å²) in [5.74, 6) is -0.516. The van der Waals surface area contributed by atoms with Crippen molar-refractivity contribution in [1.82, 2.24) is 0 Å². The molecule has 0 heterocycles. The van der Waals surface area contributed by atoms with Crippen LogP contribution in [-0.4, -0.2) is 5.91 Å². The highest BCUT2D eigenvalue weighted by molar-refractivity contribution is 5.86. The zero-order valence-corrected chi connectivity index (χ0v) is 10.0. The largest absolute Gasteiger partial charge is 0.368 e. The molecule has 2 aromatic carbocycles. The van der Waals surface area contributed by atoms with E-state index in [-0.39, 0.29) is 0 Å². The Morgan fingerprint density at radius 2 is 1.44 bits per heavy atom. The Bertz CT molecular complexity index is 525. The van der Waals surface area contributed by atoms with Crippen molar-refractivity contribution in [3.8, 4) is 0 Å². The summed E-state index contributed by atoms with van der Waals surface area (Å²) < 4.78 is 0. The highest BCUT2D eigenvalue weighted by Gasteiger charge is 2.33. The third-order valence-electron chi connectivity index (χ3n) is 3.05. The zero-order valence-electron chi connectivity index (χ0n) is 10.0. The van der Waals surface area contributed by atoms with Gasteiger partial charge in [0.05, 0.1) is 0 Å². The first-order valence-corrected chi connectivity index (χ1v) is 5.81. The van der Waals surface area contributed by atoms with Gasteiger partial charge in [-0.15, -0.1) is 0 Å². The summed E-state index contributed by atoms with van der Waals surface area (Å²) in [5.41, 5.74) is 12.3. The number of benzene rings is 2. The molecule has 3 nitrogen and oxygen atoms in total. The molecular weight excluding hydrogens is 224 g/mol. The van der Waals surface area contributed by atoms with Crippen LogP contribution in [0.2, 0.25) is 0 Å². The van der Waals surface area contributed by atoms with E-state index >= 15 is 0 Å². The topological polar surface area (TPSA) is 69.1 Å². The summed E-state index contributed by atoms with van der Waals surface area (Å²) >= 11 is 0. The van der Waals surface area contributed by atoms with Crippen LogP contribution >= 0.6 is 0 Å². The summed E-state index contributed by atoms with van der Waals surface area (Å²) in [7, 11) is 0. The van der Waals surface area contributed by atoms with E-state index in [2.05, 4.69) is 0 Å². The molecule has 0 saturated heterocycles. The summed E-state index contributed by atoms with van der Waals surface area (Å²) in [5, 5.41) is 0. The molecule has 0 radical (unpaired) electrons. The molecule has 0 aliphatic rings. The molecule has 1 unspecified atom stereocenters. The van der Waals surface area contributed by atoms with Gasteiger partial charge in [-0.3, -0.25) is 4.79 Å². The lowest BCUT2D eigenvalue weighted by Gasteiger charge is -2.26. The van der Waals surface area contributed by atoms with Crippen LogP contribution in [0.15, 0.2) is 60.7 Å². The van der Waals surface area contributed by atoms with Gasteiger partial charge < -0.3 is 11.5 Å². The van der Waals surface area contributed by atoms with Crippen LogP contribution in [0.25, 0.3) is 0 Å². The average Bonchev–Trinajstić information content (AvgIpc) is 2.40. The van der Waals surface area contributed by atoms with E-state index in [4.69, 9.17) is 11.5 Å². The van der Waals surface area contributed by atoms with Gasteiger partial charge in [-0.2, -0.15) is 0 Å².